The molecular weight excluding hydrogens is 352 g/mol. The first-order chi connectivity index (χ1) is 12.5. The van der Waals surface area contributed by atoms with E-state index in [2.05, 4.69) is 31.8 Å². The van der Waals surface area contributed by atoms with Gasteiger partial charge in [0.15, 0.2) is 0 Å². The van der Waals surface area contributed by atoms with Crippen molar-refractivity contribution < 1.29 is 4.74 Å². The molecule has 1 saturated heterocycles. The summed E-state index contributed by atoms with van der Waals surface area (Å²) in [6, 6.07) is 7.70. The smallest absolute Gasteiger partial charge is 0.325 e. The molecule has 0 aliphatic carbocycles. The Morgan fingerprint density at radius 3 is 2.69 bits per heavy atom. The van der Waals surface area contributed by atoms with E-state index in [0.717, 1.165) is 48.6 Å². The molecule has 8 heteroatoms. The fourth-order valence-corrected chi connectivity index (χ4v) is 3.40. The Morgan fingerprint density at radius 1 is 1.15 bits per heavy atom. The number of halogens is 1. The molecule has 0 amide bonds. The summed E-state index contributed by atoms with van der Waals surface area (Å²) in [5, 5.41) is 1.43. The van der Waals surface area contributed by atoms with Gasteiger partial charge < -0.3 is 25.3 Å². The number of aryl methyl sites for hydroxylation is 1. The Kier molecular flexibility index (Phi) is 4.34. The van der Waals surface area contributed by atoms with E-state index in [4.69, 9.17) is 22.1 Å². The Hall–Kier alpha value is -2.51. The van der Waals surface area contributed by atoms with E-state index < -0.39 is 0 Å². The number of nitrogens with one attached hydrogen (secondary N) is 1. The van der Waals surface area contributed by atoms with E-state index in [9.17, 15) is 0 Å². The number of H-pyrrole nitrogens is 1. The summed E-state index contributed by atoms with van der Waals surface area (Å²) in [6.45, 7) is 5.73. The van der Waals surface area contributed by atoms with Gasteiger partial charge in [-0.1, -0.05) is 11.6 Å². The van der Waals surface area contributed by atoms with Gasteiger partial charge in [0.2, 0.25) is 0 Å². The van der Waals surface area contributed by atoms with Crippen LogP contribution in [0.15, 0.2) is 24.3 Å². The maximum atomic E-state index is 6.50. The van der Waals surface area contributed by atoms with Crippen LogP contribution in [-0.4, -0.2) is 53.1 Å². The van der Waals surface area contributed by atoms with Crippen molar-refractivity contribution in [1.29, 1.82) is 0 Å². The van der Waals surface area contributed by atoms with Crippen molar-refractivity contribution in [3.63, 3.8) is 0 Å². The normalized spacial score (nSPS) is 15.6. The summed E-state index contributed by atoms with van der Waals surface area (Å²) in [4.78, 5) is 16.5. The van der Waals surface area contributed by atoms with Crippen molar-refractivity contribution in [1.82, 2.24) is 19.9 Å². The molecule has 3 heterocycles. The zero-order valence-electron chi connectivity index (χ0n) is 14.8. The number of piperazine rings is 1. The van der Waals surface area contributed by atoms with Crippen molar-refractivity contribution in [3.8, 4) is 11.8 Å². The summed E-state index contributed by atoms with van der Waals surface area (Å²) in [5.74, 6) is 1.65. The average molecular weight is 373 g/mol. The van der Waals surface area contributed by atoms with E-state index in [-0.39, 0.29) is 6.01 Å². The van der Waals surface area contributed by atoms with Crippen LogP contribution in [0.3, 0.4) is 0 Å². The Balaban J connectivity index is 1.63. The Labute approximate surface area is 156 Å². The van der Waals surface area contributed by atoms with E-state index >= 15 is 0 Å². The topological polar surface area (TPSA) is 83.3 Å². The lowest BCUT2D eigenvalue weighted by atomic mass is 10.2. The van der Waals surface area contributed by atoms with Gasteiger partial charge in [0.1, 0.15) is 17.4 Å². The van der Waals surface area contributed by atoms with E-state index in [1.165, 1.54) is 0 Å². The molecule has 1 aliphatic rings. The number of rotatable bonds is 3. The minimum atomic E-state index is 0.201. The number of benzene rings is 1. The van der Waals surface area contributed by atoms with E-state index in [1.807, 2.05) is 25.1 Å². The van der Waals surface area contributed by atoms with Crippen LogP contribution in [-0.2, 0) is 0 Å². The van der Waals surface area contributed by atoms with Crippen LogP contribution < -0.4 is 15.4 Å². The monoisotopic (exact) mass is 372 g/mol. The maximum Gasteiger partial charge on any atom is 0.325 e. The highest BCUT2D eigenvalue weighted by atomic mass is 35.5. The molecule has 1 aromatic carbocycles. The van der Waals surface area contributed by atoms with Gasteiger partial charge in [0, 0.05) is 48.8 Å². The number of nitrogen functional groups attached to an aromatic ring is 1. The highest BCUT2D eigenvalue weighted by Gasteiger charge is 2.18. The standard InChI is InChI=1S/C18H21ClN6O/c1-11-9-12-13(21-11)3-4-14(17(12)19)26-18-22-15(20)10-16(23-18)25-7-5-24(2)6-8-25/h3-4,9-10,21H,5-8H2,1-2H3,(H2,20,22,23). The third-order valence-corrected chi connectivity index (χ3v) is 4.97. The van der Waals surface area contributed by atoms with Gasteiger partial charge in [-0.3, -0.25) is 0 Å². The summed E-state index contributed by atoms with van der Waals surface area (Å²) in [7, 11) is 2.11. The van der Waals surface area contributed by atoms with Crippen molar-refractivity contribution in [3.05, 3.63) is 35.0 Å². The first-order valence-electron chi connectivity index (χ1n) is 8.53. The van der Waals surface area contributed by atoms with E-state index in [0.29, 0.717) is 16.6 Å². The van der Waals surface area contributed by atoms with Gasteiger partial charge >= 0.3 is 6.01 Å². The molecule has 136 valence electrons. The molecule has 0 bridgehead atoms. The summed E-state index contributed by atoms with van der Waals surface area (Å²) >= 11 is 6.50. The summed E-state index contributed by atoms with van der Waals surface area (Å²) in [6.07, 6.45) is 0. The van der Waals surface area contributed by atoms with Crippen LogP contribution in [0.2, 0.25) is 5.02 Å². The van der Waals surface area contributed by atoms with Crippen LogP contribution in [0.4, 0.5) is 11.6 Å². The van der Waals surface area contributed by atoms with Crippen LogP contribution >= 0.6 is 11.6 Å². The largest absolute Gasteiger partial charge is 0.423 e. The molecule has 26 heavy (non-hydrogen) atoms. The van der Waals surface area contributed by atoms with Gasteiger partial charge in [-0.25, -0.2) is 0 Å². The van der Waals surface area contributed by atoms with E-state index in [1.54, 1.807) is 6.07 Å². The SMILES string of the molecule is Cc1cc2c(Cl)c(Oc3nc(N)cc(N4CCN(C)CC4)n3)ccc2[nH]1. The van der Waals surface area contributed by atoms with Crippen molar-refractivity contribution in [2.24, 2.45) is 0 Å². The zero-order valence-corrected chi connectivity index (χ0v) is 15.5. The highest BCUT2D eigenvalue weighted by Crippen LogP contribution is 2.35. The summed E-state index contributed by atoms with van der Waals surface area (Å²) < 4.78 is 5.87. The zero-order chi connectivity index (χ0) is 18.3. The number of hydrogen-bond donors (Lipinski definition) is 2. The van der Waals surface area contributed by atoms with Crippen molar-refractivity contribution >= 4 is 34.1 Å². The maximum absolute atomic E-state index is 6.50. The third-order valence-electron chi connectivity index (χ3n) is 4.58. The second-order valence-electron chi connectivity index (χ2n) is 6.62. The first kappa shape index (κ1) is 16.9. The molecule has 3 aromatic rings. The molecule has 7 nitrogen and oxygen atoms in total. The molecule has 0 saturated carbocycles. The second-order valence-corrected chi connectivity index (χ2v) is 7.00. The number of aromatic amines is 1. The third kappa shape index (κ3) is 3.27. The van der Waals surface area contributed by atoms with Crippen LogP contribution in [0, 0.1) is 6.92 Å². The number of anilines is 2. The predicted octanol–water partition coefficient (Wildman–Crippen LogP) is 3.05. The molecule has 0 radical (unpaired) electrons. The highest BCUT2D eigenvalue weighted by molar-refractivity contribution is 6.37. The molecule has 0 atom stereocenters. The number of ether oxygens (including phenoxy) is 1. The number of nitrogens with two attached hydrogens (primary N) is 1. The van der Waals surface area contributed by atoms with Crippen molar-refractivity contribution in [2.75, 3.05) is 43.9 Å². The van der Waals surface area contributed by atoms with Gasteiger partial charge in [-0.15, -0.1) is 0 Å². The quantitative estimate of drug-likeness (QED) is 0.735. The lowest BCUT2D eigenvalue weighted by Gasteiger charge is -2.33. The van der Waals surface area contributed by atoms with Crippen LogP contribution in [0.5, 0.6) is 11.8 Å². The second kappa shape index (κ2) is 6.66. The number of hydrogen-bond acceptors (Lipinski definition) is 6. The molecule has 1 aliphatic heterocycles. The molecule has 4 rings (SSSR count). The molecule has 2 aromatic heterocycles. The summed E-state index contributed by atoms with van der Waals surface area (Å²) in [5.41, 5.74) is 7.98. The van der Waals surface area contributed by atoms with Crippen LogP contribution in [0.25, 0.3) is 10.9 Å². The van der Waals surface area contributed by atoms with Gasteiger partial charge in [-0.05, 0) is 32.2 Å². The van der Waals surface area contributed by atoms with Gasteiger partial charge in [0.05, 0.1) is 5.02 Å². The lowest BCUT2D eigenvalue weighted by Crippen LogP contribution is -2.44. The fraction of sp³-hybridized carbons (Fsp3) is 0.333. The molecular formula is C18H21ClN6O. The minimum absolute atomic E-state index is 0.201. The number of aromatic nitrogens is 3. The molecule has 3 N–H and O–H groups in total. The number of fused-ring (bicyclic) bond motifs is 1. The fourth-order valence-electron chi connectivity index (χ4n) is 3.14. The molecule has 0 spiro atoms. The average Bonchev–Trinajstić information content (AvgIpc) is 2.99. The van der Waals surface area contributed by atoms with Crippen molar-refractivity contribution in [2.45, 2.75) is 6.92 Å². The van der Waals surface area contributed by atoms with Gasteiger partial charge in [0.25, 0.3) is 0 Å². The minimum Gasteiger partial charge on any atom is -0.423 e. The number of likely N-dealkylation sites (N-methyl/N-ethyl adjacent to an activating group) is 1. The number of nitrogens with zero attached hydrogens (tertiary/aromatic N) is 4. The Morgan fingerprint density at radius 2 is 1.92 bits per heavy atom. The molecule has 0 unspecified atom stereocenters. The first-order valence-corrected chi connectivity index (χ1v) is 8.91. The van der Waals surface area contributed by atoms with Crippen LogP contribution in [0.1, 0.15) is 5.69 Å². The molecule has 1 fully saturated rings. The lowest BCUT2D eigenvalue weighted by molar-refractivity contribution is 0.311. The predicted molar refractivity (Wildman–Crippen MR) is 104 cm³/mol. The Bertz CT molecular complexity index is 948. The van der Waals surface area contributed by atoms with Gasteiger partial charge in [-0.2, -0.15) is 9.97 Å².